The van der Waals surface area contributed by atoms with Gasteiger partial charge in [-0.25, -0.2) is 0 Å². The Balaban J connectivity index is 1.95. The van der Waals surface area contributed by atoms with Crippen molar-refractivity contribution < 1.29 is 9.47 Å². The summed E-state index contributed by atoms with van der Waals surface area (Å²) in [6, 6.07) is 5.99. The van der Waals surface area contributed by atoms with Crippen molar-refractivity contribution in [1.82, 2.24) is 5.32 Å². The third-order valence-electron chi connectivity index (χ3n) is 3.35. The van der Waals surface area contributed by atoms with Crippen LogP contribution >= 0.6 is 27.5 Å². The Morgan fingerprint density at radius 1 is 1.47 bits per heavy atom. The SMILES string of the molecule is CCCNC1CC(Oc2cc(Br)ccc2Cl)C1OC. The fourth-order valence-corrected chi connectivity index (χ4v) is 2.77. The highest BCUT2D eigenvalue weighted by molar-refractivity contribution is 9.10. The van der Waals surface area contributed by atoms with Crippen molar-refractivity contribution in [3.8, 4) is 5.75 Å². The number of hydrogen-bond acceptors (Lipinski definition) is 3. The second kappa shape index (κ2) is 6.93. The summed E-state index contributed by atoms with van der Waals surface area (Å²) in [6.45, 7) is 3.16. The Kier molecular flexibility index (Phi) is 5.51. The maximum atomic E-state index is 6.13. The van der Waals surface area contributed by atoms with Gasteiger partial charge >= 0.3 is 0 Å². The Bertz CT molecular complexity index is 430. The lowest BCUT2D eigenvalue weighted by Crippen LogP contribution is -2.61. The van der Waals surface area contributed by atoms with Crippen molar-refractivity contribution in [2.75, 3.05) is 13.7 Å². The van der Waals surface area contributed by atoms with Crippen molar-refractivity contribution in [3.63, 3.8) is 0 Å². The summed E-state index contributed by atoms with van der Waals surface area (Å²) in [7, 11) is 1.73. The van der Waals surface area contributed by atoms with Crippen molar-refractivity contribution >= 4 is 27.5 Å². The average Bonchev–Trinajstić information content (AvgIpc) is 2.37. The average molecular weight is 349 g/mol. The summed E-state index contributed by atoms with van der Waals surface area (Å²) in [4.78, 5) is 0. The molecule has 0 aromatic heterocycles. The number of nitrogens with one attached hydrogen (secondary N) is 1. The molecule has 19 heavy (non-hydrogen) atoms. The van der Waals surface area contributed by atoms with Crippen molar-refractivity contribution in [1.29, 1.82) is 0 Å². The molecule has 0 radical (unpaired) electrons. The molecule has 2 rings (SSSR count). The quantitative estimate of drug-likeness (QED) is 0.851. The van der Waals surface area contributed by atoms with E-state index >= 15 is 0 Å². The zero-order chi connectivity index (χ0) is 13.8. The number of rotatable bonds is 6. The number of hydrogen-bond donors (Lipinski definition) is 1. The molecule has 106 valence electrons. The molecule has 1 aromatic carbocycles. The molecule has 1 aromatic rings. The van der Waals surface area contributed by atoms with Gasteiger partial charge in [0.1, 0.15) is 18.0 Å². The first-order chi connectivity index (χ1) is 9.15. The summed E-state index contributed by atoms with van der Waals surface area (Å²) in [5, 5.41) is 4.09. The molecule has 1 aliphatic rings. The third kappa shape index (κ3) is 3.63. The first-order valence-corrected chi connectivity index (χ1v) is 7.70. The summed E-state index contributed by atoms with van der Waals surface area (Å²) < 4.78 is 12.4. The zero-order valence-electron chi connectivity index (χ0n) is 11.2. The third-order valence-corrected chi connectivity index (χ3v) is 4.16. The minimum atomic E-state index is 0.0613. The smallest absolute Gasteiger partial charge is 0.139 e. The van der Waals surface area contributed by atoms with Gasteiger partial charge in [0.05, 0.1) is 5.02 Å². The van der Waals surface area contributed by atoms with Gasteiger partial charge in [0.25, 0.3) is 0 Å². The monoisotopic (exact) mass is 347 g/mol. The van der Waals surface area contributed by atoms with Gasteiger partial charge in [-0.05, 0) is 31.2 Å². The molecule has 5 heteroatoms. The maximum absolute atomic E-state index is 6.13. The molecule has 1 fully saturated rings. The molecule has 3 unspecified atom stereocenters. The molecular formula is C14H19BrClNO2. The molecule has 1 aliphatic carbocycles. The van der Waals surface area contributed by atoms with Crippen LogP contribution in [0.1, 0.15) is 19.8 Å². The molecule has 0 bridgehead atoms. The Morgan fingerprint density at radius 3 is 2.95 bits per heavy atom. The van der Waals surface area contributed by atoms with Gasteiger partial charge < -0.3 is 14.8 Å². The zero-order valence-corrected chi connectivity index (χ0v) is 13.5. The second-order valence-electron chi connectivity index (χ2n) is 4.73. The van der Waals surface area contributed by atoms with E-state index in [1.54, 1.807) is 7.11 Å². The lowest BCUT2D eigenvalue weighted by atomic mass is 9.85. The predicted molar refractivity (Wildman–Crippen MR) is 81.1 cm³/mol. The molecule has 0 amide bonds. The Morgan fingerprint density at radius 2 is 2.26 bits per heavy atom. The first kappa shape index (κ1) is 15.1. The van der Waals surface area contributed by atoms with E-state index in [1.165, 1.54) is 0 Å². The van der Waals surface area contributed by atoms with Gasteiger partial charge in [-0.1, -0.05) is 34.5 Å². The highest BCUT2D eigenvalue weighted by Gasteiger charge is 2.43. The highest BCUT2D eigenvalue weighted by Crippen LogP contribution is 2.34. The van der Waals surface area contributed by atoms with E-state index in [0.29, 0.717) is 16.8 Å². The van der Waals surface area contributed by atoms with Gasteiger partial charge in [-0.15, -0.1) is 0 Å². The van der Waals surface area contributed by atoms with Crippen LogP contribution in [0.2, 0.25) is 5.02 Å². The molecule has 0 heterocycles. The normalized spacial score (nSPS) is 26.0. The molecule has 1 N–H and O–H groups in total. The van der Waals surface area contributed by atoms with Crippen molar-refractivity contribution in [2.24, 2.45) is 0 Å². The van der Waals surface area contributed by atoms with Crippen LogP contribution in [0.15, 0.2) is 22.7 Å². The van der Waals surface area contributed by atoms with E-state index in [2.05, 4.69) is 28.2 Å². The fourth-order valence-electron chi connectivity index (χ4n) is 2.27. The van der Waals surface area contributed by atoms with Crippen LogP contribution in [0.25, 0.3) is 0 Å². The van der Waals surface area contributed by atoms with E-state index in [4.69, 9.17) is 21.1 Å². The fraction of sp³-hybridized carbons (Fsp3) is 0.571. The van der Waals surface area contributed by atoms with Gasteiger partial charge in [0, 0.05) is 24.0 Å². The minimum Gasteiger partial charge on any atom is -0.486 e. The van der Waals surface area contributed by atoms with E-state index in [1.807, 2.05) is 18.2 Å². The number of halogens is 2. The van der Waals surface area contributed by atoms with Crippen LogP contribution < -0.4 is 10.1 Å². The maximum Gasteiger partial charge on any atom is 0.139 e. The number of ether oxygens (including phenoxy) is 2. The lowest BCUT2D eigenvalue weighted by Gasteiger charge is -2.43. The molecule has 1 saturated carbocycles. The van der Waals surface area contributed by atoms with Crippen LogP contribution in [-0.2, 0) is 4.74 Å². The topological polar surface area (TPSA) is 30.5 Å². The lowest BCUT2D eigenvalue weighted by molar-refractivity contribution is -0.0886. The molecular weight excluding hydrogens is 330 g/mol. The van der Waals surface area contributed by atoms with Gasteiger partial charge in [-0.2, -0.15) is 0 Å². The molecule has 0 aliphatic heterocycles. The van der Waals surface area contributed by atoms with Crippen LogP contribution in [0.4, 0.5) is 0 Å². The largest absolute Gasteiger partial charge is 0.486 e. The Labute approximate surface area is 127 Å². The standard InChI is InChI=1S/C14H19BrClNO2/c1-3-6-17-11-8-13(14(11)18-2)19-12-7-9(15)4-5-10(12)16/h4-5,7,11,13-14,17H,3,6,8H2,1-2H3. The summed E-state index contributed by atoms with van der Waals surface area (Å²) in [5.41, 5.74) is 0. The van der Waals surface area contributed by atoms with E-state index in [9.17, 15) is 0 Å². The van der Waals surface area contributed by atoms with Gasteiger partial charge in [0.15, 0.2) is 0 Å². The van der Waals surface area contributed by atoms with E-state index in [0.717, 1.165) is 23.9 Å². The number of benzene rings is 1. The van der Waals surface area contributed by atoms with Gasteiger partial charge in [-0.3, -0.25) is 0 Å². The van der Waals surface area contributed by atoms with Crippen molar-refractivity contribution in [3.05, 3.63) is 27.7 Å². The van der Waals surface area contributed by atoms with Gasteiger partial charge in [0.2, 0.25) is 0 Å². The summed E-state index contributed by atoms with van der Waals surface area (Å²) >= 11 is 9.55. The first-order valence-electron chi connectivity index (χ1n) is 6.53. The number of methoxy groups -OCH3 is 1. The van der Waals surface area contributed by atoms with Crippen molar-refractivity contribution in [2.45, 2.75) is 38.0 Å². The summed E-state index contributed by atoms with van der Waals surface area (Å²) in [5.74, 6) is 0.706. The molecule has 0 saturated heterocycles. The van der Waals surface area contributed by atoms with E-state index < -0.39 is 0 Å². The predicted octanol–water partition coefficient (Wildman–Crippen LogP) is 3.64. The molecule has 3 nitrogen and oxygen atoms in total. The van der Waals surface area contributed by atoms with Crippen LogP contribution in [0.5, 0.6) is 5.75 Å². The van der Waals surface area contributed by atoms with E-state index in [-0.39, 0.29) is 12.2 Å². The second-order valence-corrected chi connectivity index (χ2v) is 6.05. The molecule has 0 spiro atoms. The Hall–Kier alpha value is -0.290. The summed E-state index contributed by atoms with van der Waals surface area (Å²) in [6.07, 6.45) is 2.21. The molecule has 3 atom stereocenters. The van der Waals surface area contributed by atoms with Crippen LogP contribution in [0, 0.1) is 0 Å². The highest BCUT2D eigenvalue weighted by atomic mass is 79.9. The minimum absolute atomic E-state index is 0.0613. The van der Waals surface area contributed by atoms with Crippen LogP contribution in [-0.4, -0.2) is 31.9 Å². The van der Waals surface area contributed by atoms with Crippen LogP contribution in [0.3, 0.4) is 0 Å².